The molecule has 1 unspecified atom stereocenters. The van der Waals surface area contributed by atoms with Gasteiger partial charge in [0.05, 0.1) is 0 Å². The summed E-state index contributed by atoms with van der Waals surface area (Å²) in [6, 6.07) is 5.62. The van der Waals surface area contributed by atoms with Crippen LogP contribution < -0.4 is 10.5 Å². The SMILES string of the molecule is CC(=O)N1CCC2(CC1)Oc1ccc(Br)cc1C21N=C(N)N(C)C1=O. The molecule has 1 saturated heterocycles. The van der Waals surface area contributed by atoms with Gasteiger partial charge in [-0.1, -0.05) is 15.9 Å². The molecule has 2 spiro atoms. The van der Waals surface area contributed by atoms with Crippen LogP contribution >= 0.6 is 15.9 Å². The number of amides is 2. The number of ether oxygens (including phenoxy) is 1. The maximum absolute atomic E-state index is 13.3. The smallest absolute Gasteiger partial charge is 0.266 e. The Hall–Kier alpha value is -2.09. The number of hydrogen-bond acceptors (Lipinski definition) is 5. The molecule has 1 atom stereocenters. The first-order valence-electron chi connectivity index (χ1n) is 8.19. The van der Waals surface area contributed by atoms with Gasteiger partial charge in [0.2, 0.25) is 11.4 Å². The number of piperidine rings is 1. The third-order valence-electron chi connectivity index (χ3n) is 5.55. The molecular weight excluding hydrogens is 388 g/mol. The maximum Gasteiger partial charge on any atom is 0.266 e. The minimum absolute atomic E-state index is 0.0278. The topological polar surface area (TPSA) is 88.2 Å². The van der Waals surface area contributed by atoms with Crippen molar-refractivity contribution in [3.8, 4) is 5.75 Å². The van der Waals surface area contributed by atoms with E-state index < -0.39 is 11.1 Å². The molecule has 8 heteroatoms. The molecule has 25 heavy (non-hydrogen) atoms. The van der Waals surface area contributed by atoms with Gasteiger partial charge in [0.15, 0.2) is 11.6 Å². The molecule has 2 amide bonds. The zero-order valence-electron chi connectivity index (χ0n) is 14.1. The molecule has 1 aromatic rings. The molecular formula is C17H19BrN4O3. The molecule has 7 nitrogen and oxygen atoms in total. The highest BCUT2D eigenvalue weighted by Crippen LogP contribution is 2.57. The molecule has 3 heterocycles. The lowest BCUT2D eigenvalue weighted by Crippen LogP contribution is -2.60. The van der Waals surface area contributed by atoms with Gasteiger partial charge in [-0.05, 0) is 18.2 Å². The quantitative estimate of drug-likeness (QED) is 0.700. The standard InChI is InChI=1S/C17H19BrN4O3/c1-10(23)22-7-5-16(6-8-22)17(14(24)21(2)15(19)20-17)12-9-11(18)3-4-13(12)25-16/h3-4,9H,5-8H2,1-2H3,(H2,19,20). The number of rotatable bonds is 0. The third kappa shape index (κ3) is 2.00. The van der Waals surface area contributed by atoms with Gasteiger partial charge in [-0.15, -0.1) is 0 Å². The lowest BCUT2D eigenvalue weighted by Gasteiger charge is -2.44. The fourth-order valence-electron chi connectivity index (χ4n) is 4.16. The fourth-order valence-corrected chi connectivity index (χ4v) is 4.53. The lowest BCUT2D eigenvalue weighted by atomic mass is 9.71. The second kappa shape index (κ2) is 5.20. The van der Waals surface area contributed by atoms with Gasteiger partial charge in [0.25, 0.3) is 5.91 Å². The first-order valence-corrected chi connectivity index (χ1v) is 8.98. The number of carbonyl (C=O) groups is 2. The zero-order chi connectivity index (χ0) is 18.0. The van der Waals surface area contributed by atoms with E-state index in [-0.39, 0.29) is 17.8 Å². The minimum atomic E-state index is -1.19. The molecule has 0 radical (unpaired) electrons. The Labute approximate surface area is 153 Å². The molecule has 4 rings (SSSR count). The van der Waals surface area contributed by atoms with Crippen LogP contribution in [0.4, 0.5) is 0 Å². The summed E-state index contributed by atoms with van der Waals surface area (Å²) in [6.45, 7) is 2.61. The van der Waals surface area contributed by atoms with Gasteiger partial charge in [-0.25, -0.2) is 4.99 Å². The van der Waals surface area contributed by atoms with Gasteiger partial charge >= 0.3 is 0 Å². The summed E-state index contributed by atoms with van der Waals surface area (Å²) in [4.78, 5) is 32.8. The molecule has 0 aliphatic carbocycles. The van der Waals surface area contributed by atoms with Crippen molar-refractivity contribution in [3.63, 3.8) is 0 Å². The van der Waals surface area contributed by atoms with E-state index in [9.17, 15) is 9.59 Å². The van der Waals surface area contributed by atoms with Crippen molar-refractivity contribution in [1.29, 1.82) is 0 Å². The van der Waals surface area contributed by atoms with Crippen LogP contribution in [0.15, 0.2) is 27.7 Å². The Bertz CT molecular complexity index is 816. The Morgan fingerprint density at radius 3 is 2.60 bits per heavy atom. The fraction of sp³-hybridized carbons (Fsp3) is 0.471. The number of likely N-dealkylation sites (N-methyl/N-ethyl adjacent to an activating group) is 1. The van der Waals surface area contributed by atoms with E-state index in [1.165, 1.54) is 4.90 Å². The number of carbonyl (C=O) groups excluding carboxylic acids is 2. The third-order valence-corrected chi connectivity index (χ3v) is 6.05. The van der Waals surface area contributed by atoms with Gasteiger partial charge in [-0.2, -0.15) is 0 Å². The van der Waals surface area contributed by atoms with Crippen molar-refractivity contribution in [2.75, 3.05) is 20.1 Å². The molecule has 2 N–H and O–H groups in total. The van der Waals surface area contributed by atoms with E-state index in [0.717, 1.165) is 10.0 Å². The second-order valence-electron chi connectivity index (χ2n) is 6.79. The summed E-state index contributed by atoms with van der Waals surface area (Å²) < 4.78 is 7.20. The Kier molecular flexibility index (Phi) is 3.41. The van der Waals surface area contributed by atoms with Gasteiger partial charge < -0.3 is 15.4 Å². The van der Waals surface area contributed by atoms with E-state index in [1.807, 2.05) is 18.2 Å². The van der Waals surface area contributed by atoms with Crippen LogP contribution in [0.25, 0.3) is 0 Å². The minimum Gasteiger partial charge on any atom is -0.483 e. The molecule has 132 valence electrons. The van der Waals surface area contributed by atoms with Gasteiger partial charge in [0, 0.05) is 49.9 Å². The van der Waals surface area contributed by atoms with Crippen molar-refractivity contribution >= 4 is 33.7 Å². The van der Waals surface area contributed by atoms with Crippen molar-refractivity contribution in [2.24, 2.45) is 10.7 Å². The molecule has 3 aliphatic heterocycles. The molecule has 0 bridgehead atoms. The number of benzene rings is 1. The number of nitrogens with zero attached hydrogens (tertiary/aromatic N) is 3. The van der Waals surface area contributed by atoms with E-state index in [2.05, 4.69) is 20.9 Å². The van der Waals surface area contributed by atoms with E-state index in [4.69, 9.17) is 10.5 Å². The largest absolute Gasteiger partial charge is 0.483 e. The molecule has 1 aromatic carbocycles. The second-order valence-corrected chi connectivity index (χ2v) is 7.70. The summed E-state index contributed by atoms with van der Waals surface area (Å²) in [6.07, 6.45) is 1.05. The Morgan fingerprint density at radius 2 is 2.04 bits per heavy atom. The first-order chi connectivity index (χ1) is 11.8. The highest BCUT2D eigenvalue weighted by atomic mass is 79.9. The van der Waals surface area contributed by atoms with Crippen molar-refractivity contribution in [3.05, 3.63) is 28.2 Å². The van der Waals surface area contributed by atoms with Gasteiger partial charge in [-0.3, -0.25) is 14.5 Å². The Balaban J connectivity index is 1.87. The van der Waals surface area contributed by atoms with Crippen LogP contribution in [0.5, 0.6) is 5.75 Å². The number of likely N-dealkylation sites (tertiary alicyclic amines) is 1. The first kappa shape index (κ1) is 16.4. The normalized spacial score (nSPS) is 26.8. The van der Waals surface area contributed by atoms with Crippen LogP contribution in [0.3, 0.4) is 0 Å². The monoisotopic (exact) mass is 406 g/mol. The highest BCUT2D eigenvalue weighted by molar-refractivity contribution is 9.10. The number of fused-ring (bicyclic) bond motifs is 3. The summed E-state index contributed by atoms with van der Waals surface area (Å²) in [5.41, 5.74) is 4.73. The molecule has 1 fully saturated rings. The molecule has 0 saturated carbocycles. The van der Waals surface area contributed by atoms with Crippen molar-refractivity contribution in [1.82, 2.24) is 9.80 Å². The number of guanidine groups is 1. The highest BCUT2D eigenvalue weighted by Gasteiger charge is 2.69. The van der Waals surface area contributed by atoms with Crippen LogP contribution in [-0.4, -0.2) is 53.3 Å². The van der Waals surface area contributed by atoms with Crippen LogP contribution in [-0.2, 0) is 15.1 Å². The average molecular weight is 407 g/mol. The van der Waals surface area contributed by atoms with E-state index in [0.29, 0.717) is 31.7 Å². The Morgan fingerprint density at radius 1 is 1.36 bits per heavy atom. The summed E-state index contributed by atoms with van der Waals surface area (Å²) in [7, 11) is 1.63. The summed E-state index contributed by atoms with van der Waals surface area (Å²) in [5, 5.41) is 0. The van der Waals surface area contributed by atoms with Crippen LogP contribution in [0, 0.1) is 0 Å². The number of hydrogen-bond donors (Lipinski definition) is 1. The van der Waals surface area contributed by atoms with Crippen molar-refractivity contribution < 1.29 is 14.3 Å². The lowest BCUT2D eigenvalue weighted by molar-refractivity contribution is -0.142. The number of nitrogens with two attached hydrogens (primary N) is 1. The van der Waals surface area contributed by atoms with Gasteiger partial charge in [0.1, 0.15) is 5.75 Å². The summed E-state index contributed by atoms with van der Waals surface area (Å²) in [5.74, 6) is 0.688. The predicted molar refractivity (Wildman–Crippen MR) is 95.1 cm³/mol. The number of aliphatic imine (C=N–C) groups is 1. The van der Waals surface area contributed by atoms with Crippen LogP contribution in [0.1, 0.15) is 25.3 Å². The molecule has 0 aromatic heterocycles. The molecule has 3 aliphatic rings. The summed E-state index contributed by atoms with van der Waals surface area (Å²) >= 11 is 3.47. The average Bonchev–Trinajstić information content (AvgIpc) is 2.97. The zero-order valence-corrected chi connectivity index (χ0v) is 15.7. The van der Waals surface area contributed by atoms with E-state index in [1.54, 1.807) is 18.9 Å². The van der Waals surface area contributed by atoms with Crippen molar-refractivity contribution in [2.45, 2.75) is 30.9 Å². The van der Waals surface area contributed by atoms with E-state index >= 15 is 0 Å². The number of halogens is 1. The van der Waals surface area contributed by atoms with Crippen LogP contribution in [0.2, 0.25) is 0 Å². The predicted octanol–water partition coefficient (Wildman–Crippen LogP) is 1.20. The maximum atomic E-state index is 13.3.